The molecule has 0 saturated heterocycles. The number of amides is 1. The van der Waals surface area contributed by atoms with E-state index >= 15 is 0 Å². The van der Waals surface area contributed by atoms with Gasteiger partial charge in [-0.3, -0.25) is 9.10 Å². The van der Waals surface area contributed by atoms with E-state index in [-0.39, 0.29) is 12.5 Å². The third-order valence-electron chi connectivity index (χ3n) is 4.34. The monoisotopic (exact) mass is 508 g/mol. The molecule has 162 valence electrons. The molecule has 11 heteroatoms. The summed E-state index contributed by atoms with van der Waals surface area (Å²) in [5.41, 5.74) is 1.17. The van der Waals surface area contributed by atoms with Gasteiger partial charge in [0, 0.05) is 33.1 Å². The third kappa shape index (κ3) is 5.68. The highest BCUT2D eigenvalue weighted by molar-refractivity contribution is 7.98. The molecule has 1 atom stereocenters. The molecule has 0 fully saturated rings. The van der Waals surface area contributed by atoms with Crippen molar-refractivity contribution in [2.75, 3.05) is 29.4 Å². The fourth-order valence-corrected chi connectivity index (χ4v) is 5.55. The van der Waals surface area contributed by atoms with Gasteiger partial charge in [0.2, 0.25) is 10.0 Å². The molecule has 1 N–H and O–H groups in total. The number of carbonyl (C=O) groups is 1. The first-order chi connectivity index (χ1) is 14.2. The Kier molecular flexibility index (Phi) is 7.68. The first-order valence-corrected chi connectivity index (χ1v) is 13.0. The summed E-state index contributed by atoms with van der Waals surface area (Å²) in [7, 11) is -3.60. The Balaban J connectivity index is 1.56. The van der Waals surface area contributed by atoms with Crippen LogP contribution < -0.4 is 14.4 Å². The number of nitrogens with one attached hydrogen (secondary N) is 1. The van der Waals surface area contributed by atoms with Gasteiger partial charge in [-0.05, 0) is 35.9 Å². The van der Waals surface area contributed by atoms with Crippen LogP contribution in [-0.2, 0) is 20.6 Å². The maximum atomic E-state index is 12.6. The van der Waals surface area contributed by atoms with E-state index in [2.05, 4.69) is 5.32 Å². The van der Waals surface area contributed by atoms with Gasteiger partial charge in [0.25, 0.3) is 5.91 Å². The van der Waals surface area contributed by atoms with E-state index in [1.165, 1.54) is 6.07 Å². The second kappa shape index (κ2) is 9.87. The van der Waals surface area contributed by atoms with Crippen molar-refractivity contribution >= 4 is 68.2 Å². The summed E-state index contributed by atoms with van der Waals surface area (Å²) in [5, 5.41) is 4.37. The van der Waals surface area contributed by atoms with Gasteiger partial charge in [-0.2, -0.15) is 11.8 Å². The molecule has 0 spiro atoms. The van der Waals surface area contributed by atoms with Gasteiger partial charge in [0.1, 0.15) is 5.75 Å². The normalized spacial score (nSPS) is 16.0. The first-order valence-electron chi connectivity index (χ1n) is 8.89. The van der Waals surface area contributed by atoms with Gasteiger partial charge >= 0.3 is 0 Å². The van der Waals surface area contributed by atoms with Crippen LogP contribution in [0.3, 0.4) is 0 Å². The SMILES string of the molecule is CS(=O)(=O)N1C[C@H](C(=O)NCCSCc2c(Cl)cccc2Cl)Oc2ccc(Cl)cc21. The highest BCUT2D eigenvalue weighted by Crippen LogP contribution is 2.37. The van der Waals surface area contributed by atoms with Crippen LogP contribution in [0.5, 0.6) is 5.75 Å². The lowest BCUT2D eigenvalue weighted by Gasteiger charge is -2.34. The van der Waals surface area contributed by atoms with Crippen LogP contribution in [0.25, 0.3) is 0 Å². The summed E-state index contributed by atoms with van der Waals surface area (Å²) in [6.07, 6.45) is 0.116. The minimum absolute atomic E-state index is 0.125. The van der Waals surface area contributed by atoms with Gasteiger partial charge in [-0.15, -0.1) is 0 Å². The van der Waals surface area contributed by atoms with Crippen LogP contribution in [0.2, 0.25) is 15.1 Å². The number of fused-ring (bicyclic) bond motifs is 1. The zero-order valence-electron chi connectivity index (χ0n) is 15.9. The molecule has 6 nitrogen and oxygen atoms in total. The summed E-state index contributed by atoms with van der Waals surface area (Å²) in [6, 6.07) is 9.99. The van der Waals surface area contributed by atoms with Gasteiger partial charge in [0.05, 0.1) is 18.5 Å². The average Bonchev–Trinajstić information content (AvgIpc) is 2.68. The van der Waals surface area contributed by atoms with E-state index in [4.69, 9.17) is 39.5 Å². The highest BCUT2D eigenvalue weighted by atomic mass is 35.5. The lowest BCUT2D eigenvalue weighted by Crippen LogP contribution is -2.50. The van der Waals surface area contributed by atoms with Crippen LogP contribution in [0.4, 0.5) is 5.69 Å². The summed E-state index contributed by atoms with van der Waals surface area (Å²) in [6.45, 7) is 0.262. The van der Waals surface area contributed by atoms with E-state index in [1.54, 1.807) is 42.1 Å². The molecular formula is C19H19Cl3N2O4S2. The number of rotatable bonds is 7. The number of benzene rings is 2. The van der Waals surface area contributed by atoms with Crippen LogP contribution in [0.1, 0.15) is 5.56 Å². The molecule has 1 amide bonds. The summed E-state index contributed by atoms with van der Waals surface area (Å²) < 4.78 is 31.2. The van der Waals surface area contributed by atoms with Crippen molar-refractivity contribution in [2.24, 2.45) is 0 Å². The quantitative estimate of drug-likeness (QED) is 0.566. The smallest absolute Gasteiger partial charge is 0.263 e. The van der Waals surface area contributed by atoms with E-state index < -0.39 is 16.1 Å². The Morgan fingerprint density at radius 1 is 1.23 bits per heavy atom. The number of sulfonamides is 1. The molecule has 1 aliphatic rings. The molecule has 0 bridgehead atoms. The average molecular weight is 510 g/mol. The second-order valence-corrected chi connectivity index (χ2v) is 10.8. The fourth-order valence-electron chi connectivity index (χ4n) is 2.88. The van der Waals surface area contributed by atoms with Crippen LogP contribution in [-0.4, -0.2) is 45.5 Å². The summed E-state index contributed by atoms with van der Waals surface area (Å²) >= 11 is 19.9. The molecule has 0 radical (unpaired) electrons. The molecule has 2 aromatic rings. The molecule has 0 aliphatic carbocycles. The molecule has 30 heavy (non-hydrogen) atoms. The summed E-state index contributed by atoms with van der Waals surface area (Å²) in [5.74, 6) is 1.14. The van der Waals surface area contributed by atoms with Crippen LogP contribution in [0.15, 0.2) is 36.4 Å². The van der Waals surface area contributed by atoms with E-state index in [0.29, 0.717) is 44.6 Å². The zero-order valence-corrected chi connectivity index (χ0v) is 19.8. The summed E-state index contributed by atoms with van der Waals surface area (Å²) in [4.78, 5) is 12.6. The van der Waals surface area contributed by atoms with E-state index in [1.807, 2.05) is 0 Å². The van der Waals surface area contributed by atoms with Crippen LogP contribution >= 0.6 is 46.6 Å². The van der Waals surface area contributed by atoms with E-state index in [9.17, 15) is 13.2 Å². The van der Waals surface area contributed by atoms with Gasteiger partial charge in [-0.25, -0.2) is 8.42 Å². The largest absolute Gasteiger partial charge is 0.476 e. The van der Waals surface area contributed by atoms with Crippen molar-refractivity contribution in [2.45, 2.75) is 11.9 Å². The van der Waals surface area contributed by atoms with Gasteiger partial charge in [0.15, 0.2) is 6.10 Å². The minimum Gasteiger partial charge on any atom is -0.476 e. The Bertz CT molecular complexity index is 1030. The molecular weight excluding hydrogens is 491 g/mol. The Morgan fingerprint density at radius 2 is 1.93 bits per heavy atom. The van der Waals surface area contributed by atoms with Crippen molar-refractivity contribution in [3.63, 3.8) is 0 Å². The molecule has 1 heterocycles. The first kappa shape index (κ1) is 23.3. The minimum atomic E-state index is -3.60. The molecule has 2 aromatic carbocycles. The Hall–Kier alpha value is -1.32. The maximum Gasteiger partial charge on any atom is 0.263 e. The number of halogens is 3. The molecule has 0 saturated carbocycles. The molecule has 0 unspecified atom stereocenters. The number of anilines is 1. The van der Waals surface area contributed by atoms with E-state index in [0.717, 1.165) is 16.1 Å². The number of thioether (sulfide) groups is 1. The Morgan fingerprint density at radius 3 is 2.60 bits per heavy atom. The molecule has 0 aromatic heterocycles. The second-order valence-electron chi connectivity index (χ2n) is 6.56. The predicted molar refractivity (Wildman–Crippen MR) is 124 cm³/mol. The number of ether oxygens (including phenoxy) is 1. The zero-order chi connectivity index (χ0) is 21.9. The van der Waals surface area contributed by atoms with Crippen LogP contribution in [0, 0.1) is 0 Å². The van der Waals surface area contributed by atoms with Crippen molar-refractivity contribution in [3.05, 3.63) is 57.0 Å². The number of nitrogens with zero attached hydrogens (tertiary/aromatic N) is 1. The number of carbonyl (C=O) groups excluding carboxylic acids is 1. The number of hydrogen-bond donors (Lipinski definition) is 1. The van der Waals surface area contributed by atoms with Crippen molar-refractivity contribution in [3.8, 4) is 5.75 Å². The van der Waals surface area contributed by atoms with Crippen molar-refractivity contribution < 1.29 is 17.9 Å². The Labute approximate surface area is 194 Å². The highest BCUT2D eigenvalue weighted by Gasteiger charge is 2.35. The standard InChI is InChI=1S/C19H19Cl3N2O4S2/c1-30(26,27)24-10-18(28-17-6-5-12(20)9-16(17)24)19(25)23-7-8-29-11-13-14(21)3-2-4-15(13)22/h2-6,9,18H,7-8,10-11H2,1H3,(H,23,25)/t18-/m1/s1. The fraction of sp³-hybridized carbons (Fsp3) is 0.316. The maximum absolute atomic E-state index is 12.6. The van der Waals surface area contributed by atoms with Gasteiger partial charge < -0.3 is 10.1 Å². The molecule has 1 aliphatic heterocycles. The lowest BCUT2D eigenvalue weighted by atomic mass is 10.2. The van der Waals surface area contributed by atoms with Gasteiger partial charge in [-0.1, -0.05) is 40.9 Å². The number of hydrogen-bond acceptors (Lipinski definition) is 5. The lowest BCUT2D eigenvalue weighted by molar-refractivity contribution is -0.127. The van der Waals surface area contributed by atoms with Crippen molar-refractivity contribution in [1.29, 1.82) is 0 Å². The third-order valence-corrected chi connectivity index (χ3v) is 7.41. The topological polar surface area (TPSA) is 75.7 Å². The van der Waals surface area contributed by atoms with Crippen molar-refractivity contribution in [1.82, 2.24) is 5.32 Å². The predicted octanol–water partition coefficient (Wildman–Crippen LogP) is 4.22. The molecule has 3 rings (SSSR count).